The fraction of sp³-hybridized carbons (Fsp3) is 0.583. The standard InChI is InChI=1S/C12H16N4O2/c13-10-5-9(16(17)18)6-11(14-10)15-12(7-1-2-7)8-3-4-8/h5-8,12H,1-4H2,(H3,13,14,15). The van der Waals surface area contributed by atoms with Crippen LogP contribution in [0, 0.1) is 22.0 Å². The molecule has 0 spiro atoms. The van der Waals surface area contributed by atoms with Gasteiger partial charge in [-0.05, 0) is 37.5 Å². The molecule has 3 N–H and O–H groups in total. The maximum atomic E-state index is 10.8. The molecular formula is C12H16N4O2. The van der Waals surface area contributed by atoms with Crippen molar-refractivity contribution >= 4 is 17.3 Å². The summed E-state index contributed by atoms with van der Waals surface area (Å²) in [7, 11) is 0. The minimum Gasteiger partial charge on any atom is -0.383 e. The fourth-order valence-electron chi connectivity index (χ4n) is 2.42. The fourth-order valence-corrected chi connectivity index (χ4v) is 2.42. The van der Waals surface area contributed by atoms with Crippen LogP contribution in [0.2, 0.25) is 0 Å². The Bertz CT molecular complexity index is 471. The van der Waals surface area contributed by atoms with Crippen molar-refractivity contribution in [3.8, 4) is 0 Å². The van der Waals surface area contributed by atoms with Crippen molar-refractivity contribution in [3.05, 3.63) is 22.2 Å². The first-order chi connectivity index (χ1) is 8.63. The summed E-state index contributed by atoms with van der Waals surface area (Å²) < 4.78 is 0. The van der Waals surface area contributed by atoms with Gasteiger partial charge in [-0.3, -0.25) is 10.1 Å². The van der Waals surface area contributed by atoms with Crippen molar-refractivity contribution in [1.82, 2.24) is 4.98 Å². The number of hydrogen-bond acceptors (Lipinski definition) is 5. The van der Waals surface area contributed by atoms with E-state index in [1.165, 1.54) is 37.8 Å². The normalized spacial score (nSPS) is 18.9. The van der Waals surface area contributed by atoms with Crippen LogP contribution in [0.15, 0.2) is 12.1 Å². The molecule has 0 radical (unpaired) electrons. The summed E-state index contributed by atoms with van der Waals surface area (Å²) in [5.41, 5.74) is 5.60. The second-order valence-electron chi connectivity index (χ2n) is 5.24. The first-order valence-corrected chi connectivity index (χ1v) is 6.32. The number of nitrogens with zero attached hydrogens (tertiary/aromatic N) is 2. The average molecular weight is 248 g/mol. The minimum absolute atomic E-state index is 0.00431. The van der Waals surface area contributed by atoms with Crippen molar-refractivity contribution in [3.63, 3.8) is 0 Å². The molecule has 6 heteroatoms. The van der Waals surface area contributed by atoms with Crippen LogP contribution >= 0.6 is 0 Å². The first kappa shape index (κ1) is 11.3. The van der Waals surface area contributed by atoms with Crippen molar-refractivity contribution in [2.45, 2.75) is 31.7 Å². The summed E-state index contributed by atoms with van der Waals surface area (Å²) >= 11 is 0. The molecule has 2 aliphatic rings. The molecule has 0 saturated heterocycles. The number of hydrogen-bond donors (Lipinski definition) is 2. The van der Waals surface area contributed by atoms with Gasteiger partial charge in [0.25, 0.3) is 5.69 Å². The third-order valence-corrected chi connectivity index (χ3v) is 3.62. The van der Waals surface area contributed by atoms with Crippen LogP contribution in [0.3, 0.4) is 0 Å². The van der Waals surface area contributed by atoms with Crippen LogP contribution in [0.5, 0.6) is 0 Å². The summed E-state index contributed by atoms with van der Waals surface area (Å²) in [6, 6.07) is 3.17. The second-order valence-corrected chi connectivity index (χ2v) is 5.24. The largest absolute Gasteiger partial charge is 0.383 e. The number of anilines is 2. The summed E-state index contributed by atoms with van der Waals surface area (Å²) in [6.45, 7) is 0. The van der Waals surface area contributed by atoms with Crippen LogP contribution in [0.4, 0.5) is 17.3 Å². The van der Waals surface area contributed by atoms with Crippen LogP contribution < -0.4 is 11.1 Å². The molecular weight excluding hydrogens is 232 g/mol. The number of nitro groups is 1. The summed E-state index contributed by atoms with van der Waals surface area (Å²) in [4.78, 5) is 14.5. The zero-order valence-corrected chi connectivity index (χ0v) is 10.0. The van der Waals surface area contributed by atoms with E-state index in [4.69, 9.17) is 5.73 Å². The molecule has 1 heterocycles. The number of nitrogens with one attached hydrogen (secondary N) is 1. The Morgan fingerprint density at radius 3 is 2.44 bits per heavy atom. The lowest BCUT2D eigenvalue weighted by Gasteiger charge is -2.18. The molecule has 0 aliphatic heterocycles. The number of aromatic nitrogens is 1. The molecule has 2 fully saturated rings. The lowest BCUT2D eigenvalue weighted by atomic mass is 10.1. The Hall–Kier alpha value is -1.85. The van der Waals surface area contributed by atoms with Crippen LogP contribution in [0.25, 0.3) is 0 Å². The maximum absolute atomic E-state index is 10.8. The Morgan fingerprint density at radius 2 is 1.94 bits per heavy atom. The Balaban J connectivity index is 1.80. The van der Waals surface area contributed by atoms with Crippen molar-refractivity contribution in [1.29, 1.82) is 0 Å². The number of nitrogens with two attached hydrogens (primary N) is 1. The predicted molar refractivity (Wildman–Crippen MR) is 68.2 cm³/mol. The van der Waals surface area contributed by atoms with E-state index >= 15 is 0 Å². The minimum atomic E-state index is -0.438. The number of nitrogen functional groups attached to an aromatic ring is 1. The van der Waals surface area contributed by atoms with Gasteiger partial charge < -0.3 is 11.1 Å². The highest BCUT2D eigenvalue weighted by Gasteiger charge is 2.41. The van der Waals surface area contributed by atoms with E-state index in [1.54, 1.807) is 0 Å². The lowest BCUT2D eigenvalue weighted by molar-refractivity contribution is -0.384. The molecule has 1 aromatic heterocycles. The van der Waals surface area contributed by atoms with E-state index in [-0.39, 0.29) is 11.5 Å². The molecule has 2 aliphatic carbocycles. The van der Waals surface area contributed by atoms with E-state index in [9.17, 15) is 10.1 Å². The Morgan fingerprint density at radius 1 is 1.33 bits per heavy atom. The van der Waals surface area contributed by atoms with Crippen molar-refractivity contribution in [2.75, 3.05) is 11.1 Å². The highest BCUT2D eigenvalue weighted by atomic mass is 16.6. The molecule has 18 heavy (non-hydrogen) atoms. The topological polar surface area (TPSA) is 94.1 Å². The van der Waals surface area contributed by atoms with E-state index in [0.717, 1.165) is 0 Å². The molecule has 0 atom stereocenters. The van der Waals surface area contributed by atoms with E-state index in [1.807, 2.05) is 0 Å². The Kier molecular flexibility index (Phi) is 2.57. The first-order valence-electron chi connectivity index (χ1n) is 6.32. The van der Waals surface area contributed by atoms with E-state index < -0.39 is 4.92 Å². The quantitative estimate of drug-likeness (QED) is 0.615. The monoisotopic (exact) mass is 248 g/mol. The van der Waals surface area contributed by atoms with Gasteiger partial charge in [-0.2, -0.15) is 0 Å². The van der Waals surface area contributed by atoms with Crippen molar-refractivity contribution < 1.29 is 4.92 Å². The van der Waals surface area contributed by atoms with Gasteiger partial charge in [-0.15, -0.1) is 0 Å². The highest BCUT2D eigenvalue weighted by molar-refractivity contribution is 5.53. The second kappa shape index (κ2) is 4.12. The molecule has 0 amide bonds. The van der Waals surface area contributed by atoms with Gasteiger partial charge in [0.15, 0.2) is 0 Å². The molecule has 96 valence electrons. The maximum Gasteiger partial charge on any atom is 0.276 e. The predicted octanol–water partition coefficient (Wildman–Crippen LogP) is 2.17. The summed E-state index contributed by atoms with van der Waals surface area (Å²) in [6.07, 6.45) is 4.99. The molecule has 3 rings (SSSR count). The smallest absolute Gasteiger partial charge is 0.276 e. The van der Waals surface area contributed by atoms with Gasteiger partial charge in [0.1, 0.15) is 11.6 Å². The highest BCUT2D eigenvalue weighted by Crippen LogP contribution is 2.45. The lowest BCUT2D eigenvalue weighted by Crippen LogP contribution is -2.25. The summed E-state index contributed by atoms with van der Waals surface area (Å²) in [5, 5.41) is 14.1. The average Bonchev–Trinajstić information content (AvgIpc) is 3.16. The third-order valence-electron chi connectivity index (χ3n) is 3.62. The van der Waals surface area contributed by atoms with Crippen LogP contribution in [-0.4, -0.2) is 15.9 Å². The van der Waals surface area contributed by atoms with Crippen molar-refractivity contribution in [2.24, 2.45) is 11.8 Å². The molecule has 1 aromatic rings. The van der Waals surface area contributed by atoms with Gasteiger partial charge in [-0.1, -0.05) is 0 Å². The zero-order valence-electron chi connectivity index (χ0n) is 10.0. The van der Waals surface area contributed by atoms with E-state index in [2.05, 4.69) is 10.3 Å². The van der Waals surface area contributed by atoms with Gasteiger partial charge >= 0.3 is 0 Å². The molecule has 0 unspecified atom stereocenters. The number of rotatable bonds is 5. The van der Waals surface area contributed by atoms with Gasteiger partial charge in [-0.25, -0.2) is 4.98 Å². The summed E-state index contributed by atoms with van der Waals surface area (Å²) in [5.74, 6) is 2.14. The molecule has 0 bridgehead atoms. The van der Waals surface area contributed by atoms with Crippen LogP contribution in [0.1, 0.15) is 25.7 Å². The van der Waals surface area contributed by atoms with Gasteiger partial charge in [0, 0.05) is 6.04 Å². The molecule has 6 nitrogen and oxygen atoms in total. The van der Waals surface area contributed by atoms with Crippen LogP contribution in [-0.2, 0) is 0 Å². The Labute approximate surface area is 105 Å². The molecule has 2 saturated carbocycles. The van der Waals surface area contributed by atoms with E-state index in [0.29, 0.717) is 23.7 Å². The third kappa shape index (κ3) is 2.37. The SMILES string of the molecule is Nc1cc([N+](=O)[O-])cc(NC(C2CC2)C2CC2)n1. The zero-order chi connectivity index (χ0) is 12.7. The van der Waals surface area contributed by atoms with Gasteiger partial charge in [0.05, 0.1) is 17.1 Å². The van der Waals surface area contributed by atoms with Gasteiger partial charge in [0.2, 0.25) is 0 Å². The number of pyridine rings is 1. The molecule has 0 aromatic carbocycles.